The van der Waals surface area contributed by atoms with Crippen LogP contribution in [0.5, 0.6) is 17.2 Å². The Morgan fingerprint density at radius 3 is 2.22 bits per heavy atom. The summed E-state index contributed by atoms with van der Waals surface area (Å²) >= 11 is 6.18. The maximum absolute atomic E-state index is 13.9. The van der Waals surface area contributed by atoms with E-state index < -0.39 is 28.4 Å². The molecule has 0 saturated heterocycles. The normalized spacial score (nSPS) is 10.9. The number of rotatable bonds is 10. The van der Waals surface area contributed by atoms with E-state index in [2.05, 4.69) is 5.32 Å². The number of carbonyl (C=O) groups is 2. The zero-order valence-electron chi connectivity index (χ0n) is 20.6. The van der Waals surface area contributed by atoms with Crippen LogP contribution in [-0.2, 0) is 14.8 Å². The zero-order valence-corrected chi connectivity index (χ0v) is 22.1. The number of anilines is 2. The molecule has 0 aliphatic rings. The third kappa shape index (κ3) is 5.89. The van der Waals surface area contributed by atoms with Crippen LogP contribution in [0.3, 0.4) is 0 Å². The molecule has 0 aliphatic carbocycles. The summed E-state index contributed by atoms with van der Waals surface area (Å²) in [5.41, 5.74) is 6.42. The molecule has 3 aromatic rings. The molecule has 0 atom stereocenters. The second kappa shape index (κ2) is 11.4. The number of halogens is 1. The highest BCUT2D eigenvalue weighted by atomic mass is 35.5. The molecule has 0 fully saturated rings. The number of methoxy groups -OCH3 is 3. The highest BCUT2D eigenvalue weighted by Crippen LogP contribution is 2.37. The highest BCUT2D eigenvalue weighted by molar-refractivity contribution is 7.92. The van der Waals surface area contributed by atoms with Gasteiger partial charge in [-0.2, -0.15) is 0 Å². The number of nitrogens with one attached hydrogen (secondary N) is 1. The van der Waals surface area contributed by atoms with Crippen molar-refractivity contribution >= 4 is 44.8 Å². The number of hydrogen-bond donors (Lipinski definition) is 2. The molecule has 37 heavy (non-hydrogen) atoms. The molecular formula is C25H26ClN3O7S. The predicted molar refractivity (Wildman–Crippen MR) is 140 cm³/mol. The lowest BCUT2D eigenvalue weighted by molar-refractivity contribution is -0.114. The van der Waals surface area contributed by atoms with Gasteiger partial charge >= 0.3 is 0 Å². The van der Waals surface area contributed by atoms with Crippen molar-refractivity contribution in [2.75, 3.05) is 37.5 Å². The first kappa shape index (κ1) is 27.6. The van der Waals surface area contributed by atoms with Gasteiger partial charge in [0, 0.05) is 22.3 Å². The standard InChI is InChI=1S/C25H26ClN3O7S/c1-15-18(25(27)31)6-5-7-19(15)28-24(30)14-29(20-12-16(26)8-10-21(20)34-2)37(32,33)17-9-11-22(35-3)23(13-17)36-4/h5-13H,14H2,1-4H3,(H2,27,31)(H,28,30). The van der Waals surface area contributed by atoms with Gasteiger partial charge in [-0.25, -0.2) is 8.42 Å². The Hall–Kier alpha value is -3.96. The van der Waals surface area contributed by atoms with Crippen molar-refractivity contribution in [2.24, 2.45) is 5.73 Å². The van der Waals surface area contributed by atoms with Crippen LogP contribution < -0.4 is 29.6 Å². The molecule has 0 bridgehead atoms. The summed E-state index contributed by atoms with van der Waals surface area (Å²) in [5, 5.41) is 2.88. The van der Waals surface area contributed by atoms with Gasteiger partial charge in [0.15, 0.2) is 11.5 Å². The Labute approximate surface area is 219 Å². The van der Waals surface area contributed by atoms with Crippen LogP contribution in [0.2, 0.25) is 5.02 Å². The summed E-state index contributed by atoms with van der Waals surface area (Å²) in [7, 11) is -0.186. The molecule has 10 nitrogen and oxygen atoms in total. The van der Waals surface area contributed by atoms with E-state index in [1.807, 2.05) is 0 Å². The quantitative estimate of drug-likeness (QED) is 0.395. The van der Waals surface area contributed by atoms with Crippen molar-refractivity contribution < 1.29 is 32.2 Å². The molecule has 3 aromatic carbocycles. The lowest BCUT2D eigenvalue weighted by Crippen LogP contribution is -2.38. The van der Waals surface area contributed by atoms with Gasteiger partial charge in [-0.05, 0) is 55.0 Å². The number of hydrogen-bond acceptors (Lipinski definition) is 7. The molecule has 0 aromatic heterocycles. The number of nitrogens with two attached hydrogens (primary N) is 1. The van der Waals surface area contributed by atoms with E-state index in [-0.39, 0.29) is 32.7 Å². The maximum Gasteiger partial charge on any atom is 0.265 e. The number of nitrogens with zero attached hydrogens (tertiary/aromatic N) is 1. The zero-order chi connectivity index (χ0) is 27.3. The molecule has 3 rings (SSSR count). The van der Waals surface area contributed by atoms with Crippen LogP contribution in [0, 0.1) is 6.92 Å². The van der Waals surface area contributed by atoms with Gasteiger partial charge in [0.25, 0.3) is 10.0 Å². The van der Waals surface area contributed by atoms with Crippen molar-refractivity contribution in [2.45, 2.75) is 11.8 Å². The van der Waals surface area contributed by atoms with Gasteiger partial charge in [-0.1, -0.05) is 17.7 Å². The number of primary amides is 1. The molecule has 0 radical (unpaired) electrons. The number of ether oxygens (including phenoxy) is 3. The first-order chi connectivity index (χ1) is 17.5. The Morgan fingerprint density at radius 1 is 0.946 bits per heavy atom. The number of carbonyl (C=O) groups excluding carboxylic acids is 2. The van der Waals surface area contributed by atoms with Crippen LogP contribution in [0.15, 0.2) is 59.5 Å². The van der Waals surface area contributed by atoms with Crippen LogP contribution in [0.4, 0.5) is 11.4 Å². The van der Waals surface area contributed by atoms with E-state index >= 15 is 0 Å². The first-order valence-electron chi connectivity index (χ1n) is 10.8. The fraction of sp³-hybridized carbons (Fsp3) is 0.200. The molecule has 2 amide bonds. The summed E-state index contributed by atoms with van der Waals surface area (Å²) in [5.74, 6) is -0.653. The maximum atomic E-state index is 13.9. The number of sulfonamides is 1. The fourth-order valence-electron chi connectivity index (χ4n) is 3.62. The number of benzene rings is 3. The molecule has 0 spiro atoms. The van der Waals surface area contributed by atoms with Crippen LogP contribution in [-0.4, -0.2) is 48.1 Å². The molecule has 196 valence electrons. The minimum absolute atomic E-state index is 0.0440. The van der Waals surface area contributed by atoms with Crippen molar-refractivity contribution in [1.82, 2.24) is 0 Å². The van der Waals surface area contributed by atoms with Crippen molar-refractivity contribution in [3.63, 3.8) is 0 Å². The minimum Gasteiger partial charge on any atom is -0.495 e. The average Bonchev–Trinajstić information content (AvgIpc) is 2.87. The van der Waals surface area contributed by atoms with E-state index in [0.717, 1.165) is 4.31 Å². The van der Waals surface area contributed by atoms with Crippen molar-refractivity contribution in [3.05, 3.63) is 70.7 Å². The molecule has 0 heterocycles. The Bertz CT molecular complexity index is 1440. The minimum atomic E-state index is -4.36. The lowest BCUT2D eigenvalue weighted by atomic mass is 10.1. The summed E-state index contributed by atoms with van der Waals surface area (Å²) in [6, 6.07) is 13.1. The summed E-state index contributed by atoms with van der Waals surface area (Å²) in [6.07, 6.45) is 0. The van der Waals surface area contributed by atoms with E-state index in [4.69, 9.17) is 31.5 Å². The largest absolute Gasteiger partial charge is 0.495 e. The van der Waals surface area contributed by atoms with Gasteiger partial charge in [0.2, 0.25) is 11.8 Å². The second-order valence-electron chi connectivity index (χ2n) is 7.74. The van der Waals surface area contributed by atoms with E-state index in [0.29, 0.717) is 17.0 Å². The Balaban J connectivity index is 2.09. The molecule has 0 aliphatic heterocycles. The van der Waals surface area contributed by atoms with Crippen LogP contribution in [0.25, 0.3) is 0 Å². The topological polar surface area (TPSA) is 137 Å². The predicted octanol–water partition coefficient (Wildman–Crippen LogP) is 3.61. The molecule has 0 saturated carbocycles. The van der Waals surface area contributed by atoms with Crippen LogP contribution in [0.1, 0.15) is 15.9 Å². The third-order valence-corrected chi connectivity index (χ3v) is 7.50. The van der Waals surface area contributed by atoms with Gasteiger partial charge in [-0.3, -0.25) is 13.9 Å². The van der Waals surface area contributed by atoms with Crippen molar-refractivity contribution in [3.8, 4) is 17.2 Å². The molecular weight excluding hydrogens is 522 g/mol. The summed E-state index contributed by atoms with van der Waals surface area (Å²) in [6.45, 7) is 0.974. The Morgan fingerprint density at radius 2 is 1.59 bits per heavy atom. The third-order valence-electron chi connectivity index (χ3n) is 5.51. The Kier molecular flexibility index (Phi) is 8.51. The van der Waals surface area contributed by atoms with E-state index in [9.17, 15) is 18.0 Å². The second-order valence-corrected chi connectivity index (χ2v) is 10.0. The summed E-state index contributed by atoms with van der Waals surface area (Å²) in [4.78, 5) is 24.7. The van der Waals surface area contributed by atoms with Gasteiger partial charge < -0.3 is 25.3 Å². The summed E-state index contributed by atoms with van der Waals surface area (Å²) < 4.78 is 44.4. The lowest BCUT2D eigenvalue weighted by Gasteiger charge is -2.26. The van der Waals surface area contributed by atoms with Gasteiger partial charge in [-0.15, -0.1) is 0 Å². The monoisotopic (exact) mass is 547 g/mol. The van der Waals surface area contributed by atoms with Crippen LogP contribution >= 0.6 is 11.6 Å². The van der Waals surface area contributed by atoms with Crippen molar-refractivity contribution in [1.29, 1.82) is 0 Å². The van der Waals surface area contributed by atoms with Gasteiger partial charge in [0.05, 0.1) is 31.9 Å². The van der Waals surface area contributed by atoms with E-state index in [1.54, 1.807) is 19.1 Å². The average molecular weight is 548 g/mol. The number of amides is 2. The molecule has 0 unspecified atom stereocenters. The molecule has 12 heteroatoms. The molecule has 3 N–H and O–H groups in total. The first-order valence-corrected chi connectivity index (χ1v) is 12.6. The van der Waals surface area contributed by atoms with Gasteiger partial charge in [0.1, 0.15) is 12.3 Å². The smallest absolute Gasteiger partial charge is 0.265 e. The highest BCUT2D eigenvalue weighted by Gasteiger charge is 2.31. The fourth-order valence-corrected chi connectivity index (χ4v) is 5.23. The SMILES string of the molecule is COc1ccc(S(=O)(=O)N(CC(=O)Nc2cccc(C(N)=O)c2C)c2cc(Cl)ccc2OC)cc1OC. The van der Waals surface area contributed by atoms with E-state index in [1.165, 1.54) is 63.8 Å².